The van der Waals surface area contributed by atoms with Crippen LogP contribution in [-0.2, 0) is 16.3 Å². The highest BCUT2D eigenvalue weighted by Crippen LogP contribution is 2.18. The summed E-state index contributed by atoms with van der Waals surface area (Å²) in [6.07, 6.45) is 2.22. The fraction of sp³-hybridized carbons (Fsp3) is 0.318. The Labute approximate surface area is 175 Å². The van der Waals surface area contributed by atoms with Crippen LogP contribution < -0.4 is 0 Å². The maximum Gasteiger partial charge on any atom is 0.178 e. The van der Waals surface area contributed by atoms with E-state index in [9.17, 15) is 17.2 Å². The van der Waals surface area contributed by atoms with Crippen LogP contribution in [0.2, 0.25) is 0 Å². The van der Waals surface area contributed by atoms with E-state index in [0.29, 0.717) is 13.0 Å². The molecule has 0 fully saturated rings. The zero-order valence-electron chi connectivity index (χ0n) is 16.8. The lowest BCUT2D eigenvalue weighted by Gasteiger charge is -2.16. The number of nitrogens with zero attached hydrogens (tertiary/aromatic N) is 2. The van der Waals surface area contributed by atoms with Gasteiger partial charge in [-0.25, -0.2) is 17.2 Å². The summed E-state index contributed by atoms with van der Waals surface area (Å²) < 4.78 is 50.6. The Morgan fingerprint density at radius 2 is 1.53 bits per heavy atom. The van der Waals surface area contributed by atoms with Crippen LogP contribution in [0.3, 0.4) is 0 Å². The maximum absolute atomic E-state index is 13.0. The molecule has 0 aliphatic carbocycles. The van der Waals surface area contributed by atoms with Crippen molar-refractivity contribution in [3.63, 3.8) is 0 Å². The van der Waals surface area contributed by atoms with Gasteiger partial charge in [0, 0.05) is 11.3 Å². The van der Waals surface area contributed by atoms with Crippen LogP contribution in [0.5, 0.6) is 0 Å². The quantitative estimate of drug-likeness (QED) is 0.489. The Morgan fingerprint density at radius 1 is 0.933 bits per heavy atom. The van der Waals surface area contributed by atoms with Gasteiger partial charge >= 0.3 is 0 Å². The maximum atomic E-state index is 13.0. The van der Waals surface area contributed by atoms with E-state index in [2.05, 4.69) is 15.1 Å². The summed E-state index contributed by atoms with van der Waals surface area (Å²) >= 11 is 0. The molecule has 1 N–H and O–H groups in total. The smallest absolute Gasteiger partial charge is 0.178 e. The first-order valence-corrected chi connectivity index (χ1v) is 11.5. The molecule has 160 valence electrons. The van der Waals surface area contributed by atoms with Crippen molar-refractivity contribution in [1.29, 1.82) is 0 Å². The third-order valence-electron chi connectivity index (χ3n) is 4.88. The lowest BCUT2D eigenvalue weighted by atomic mass is 10.1. The molecular weight excluding hydrogens is 408 g/mol. The zero-order chi connectivity index (χ0) is 21.6. The molecule has 3 rings (SSSR count). The molecule has 0 saturated carbocycles. The van der Waals surface area contributed by atoms with Gasteiger partial charge in [0.1, 0.15) is 11.6 Å². The van der Waals surface area contributed by atoms with Crippen LogP contribution in [0.4, 0.5) is 8.78 Å². The first-order valence-electron chi connectivity index (χ1n) is 9.80. The minimum Gasteiger partial charge on any atom is -0.306 e. The summed E-state index contributed by atoms with van der Waals surface area (Å²) in [5.41, 5.74) is 2.64. The number of nitrogens with one attached hydrogen (secondary N) is 1. The molecule has 0 spiro atoms. The summed E-state index contributed by atoms with van der Waals surface area (Å²) in [5.74, 6) is -0.691. The number of aromatic nitrogens is 2. The highest BCUT2D eigenvalue weighted by molar-refractivity contribution is 7.91. The number of aryl methyl sites for hydroxylation is 1. The van der Waals surface area contributed by atoms with E-state index in [1.54, 1.807) is 12.1 Å². The Balaban J connectivity index is 1.39. The lowest BCUT2D eigenvalue weighted by molar-refractivity contribution is 0.330. The van der Waals surface area contributed by atoms with E-state index < -0.39 is 15.7 Å². The van der Waals surface area contributed by atoms with Crippen LogP contribution in [0.1, 0.15) is 18.5 Å². The molecule has 1 aromatic heterocycles. The molecule has 0 saturated heterocycles. The van der Waals surface area contributed by atoms with Crippen LogP contribution in [0, 0.1) is 11.6 Å². The molecule has 0 radical (unpaired) electrons. The van der Waals surface area contributed by atoms with Gasteiger partial charge in [0.25, 0.3) is 0 Å². The van der Waals surface area contributed by atoms with Gasteiger partial charge in [-0.2, -0.15) is 5.10 Å². The fourth-order valence-corrected chi connectivity index (χ4v) is 4.49. The van der Waals surface area contributed by atoms with Gasteiger partial charge in [-0.15, -0.1) is 0 Å². The minimum absolute atomic E-state index is 0.0323. The molecule has 2 aromatic carbocycles. The van der Waals surface area contributed by atoms with Crippen molar-refractivity contribution in [3.8, 4) is 11.3 Å². The van der Waals surface area contributed by atoms with Crippen molar-refractivity contribution in [1.82, 2.24) is 15.1 Å². The van der Waals surface area contributed by atoms with E-state index in [-0.39, 0.29) is 16.5 Å². The highest BCUT2D eigenvalue weighted by Gasteiger charge is 2.14. The number of aromatic amines is 1. The number of hydrogen-bond acceptors (Lipinski definition) is 4. The Morgan fingerprint density at radius 3 is 2.20 bits per heavy atom. The number of sulfone groups is 1. The van der Waals surface area contributed by atoms with E-state index in [4.69, 9.17) is 0 Å². The molecule has 3 aromatic rings. The summed E-state index contributed by atoms with van der Waals surface area (Å²) in [6.45, 7) is 1.48. The SMILES string of the molecule is CN(CCCc1cc(-c2ccc(F)cc2)n[nH]1)CCCS(=O)(=O)c1ccc(F)cc1. The molecule has 5 nitrogen and oxygen atoms in total. The van der Waals surface area contributed by atoms with Crippen molar-refractivity contribution < 1.29 is 17.2 Å². The standard InChI is InChI=1S/C22H25F2N3O2S/c1-27(14-3-15-30(28,29)21-11-9-19(24)10-12-21)13-2-4-20-16-22(26-25-20)17-5-7-18(23)8-6-17/h5-12,16H,2-4,13-15H2,1H3,(H,25,26). The second-order valence-electron chi connectivity index (χ2n) is 7.32. The Hall–Kier alpha value is -2.58. The normalized spacial score (nSPS) is 11.9. The topological polar surface area (TPSA) is 66.1 Å². The van der Waals surface area contributed by atoms with Crippen LogP contribution in [0.15, 0.2) is 59.5 Å². The number of H-pyrrole nitrogens is 1. The van der Waals surface area contributed by atoms with Crippen LogP contribution in [-0.4, -0.2) is 49.4 Å². The van der Waals surface area contributed by atoms with Crippen LogP contribution in [0.25, 0.3) is 11.3 Å². The van der Waals surface area contributed by atoms with Crippen molar-refractivity contribution in [3.05, 3.63) is 71.9 Å². The van der Waals surface area contributed by atoms with E-state index in [1.807, 2.05) is 13.1 Å². The van der Waals surface area contributed by atoms with E-state index in [1.165, 1.54) is 24.3 Å². The average molecular weight is 434 g/mol. The van der Waals surface area contributed by atoms with Gasteiger partial charge < -0.3 is 4.90 Å². The number of halogens is 2. The summed E-state index contributed by atoms with van der Waals surface area (Å²) in [5, 5.41) is 7.28. The molecule has 0 bridgehead atoms. The molecule has 0 atom stereocenters. The van der Waals surface area contributed by atoms with Crippen molar-refractivity contribution in [2.45, 2.75) is 24.2 Å². The summed E-state index contributed by atoms with van der Waals surface area (Å²) in [6, 6.07) is 13.1. The monoisotopic (exact) mass is 433 g/mol. The molecule has 0 aliphatic heterocycles. The second kappa shape index (κ2) is 9.95. The third kappa shape index (κ3) is 6.21. The first-order chi connectivity index (χ1) is 14.3. The van der Waals surface area contributed by atoms with Crippen molar-refractivity contribution in [2.24, 2.45) is 0 Å². The average Bonchev–Trinajstić information content (AvgIpc) is 3.17. The number of rotatable bonds is 10. The summed E-state index contributed by atoms with van der Waals surface area (Å²) in [4.78, 5) is 2.25. The summed E-state index contributed by atoms with van der Waals surface area (Å²) in [7, 11) is -1.43. The largest absolute Gasteiger partial charge is 0.306 e. The van der Waals surface area contributed by atoms with Crippen molar-refractivity contribution in [2.75, 3.05) is 25.9 Å². The van der Waals surface area contributed by atoms with Gasteiger partial charge in [0.2, 0.25) is 0 Å². The van der Waals surface area contributed by atoms with Crippen molar-refractivity contribution >= 4 is 9.84 Å². The molecule has 30 heavy (non-hydrogen) atoms. The highest BCUT2D eigenvalue weighted by atomic mass is 32.2. The Bertz CT molecular complexity index is 1050. The lowest BCUT2D eigenvalue weighted by Crippen LogP contribution is -2.23. The zero-order valence-corrected chi connectivity index (χ0v) is 17.6. The molecule has 1 heterocycles. The Kier molecular flexibility index (Phi) is 7.33. The molecule has 0 aliphatic rings. The molecular formula is C22H25F2N3O2S. The van der Waals surface area contributed by atoms with Gasteiger partial charge in [-0.1, -0.05) is 0 Å². The van der Waals surface area contributed by atoms with Gasteiger partial charge in [0.05, 0.1) is 16.3 Å². The molecule has 8 heteroatoms. The third-order valence-corrected chi connectivity index (χ3v) is 6.70. The van der Waals surface area contributed by atoms with Gasteiger partial charge in [0.15, 0.2) is 9.84 Å². The second-order valence-corrected chi connectivity index (χ2v) is 9.43. The molecule has 0 amide bonds. The van der Waals surface area contributed by atoms with Crippen LogP contribution >= 0.6 is 0 Å². The van der Waals surface area contributed by atoms with E-state index >= 15 is 0 Å². The fourth-order valence-electron chi connectivity index (χ4n) is 3.19. The minimum atomic E-state index is -3.39. The molecule has 0 unspecified atom stereocenters. The number of hydrogen-bond donors (Lipinski definition) is 1. The van der Waals surface area contributed by atoms with Gasteiger partial charge in [-0.05, 0) is 94.0 Å². The number of benzene rings is 2. The first kappa shape index (κ1) is 22.1. The predicted molar refractivity (Wildman–Crippen MR) is 113 cm³/mol. The van der Waals surface area contributed by atoms with E-state index in [0.717, 1.165) is 48.5 Å². The van der Waals surface area contributed by atoms with Gasteiger partial charge in [-0.3, -0.25) is 5.10 Å². The predicted octanol–water partition coefficient (Wildman–Crippen LogP) is 4.08.